The molecule has 0 spiro atoms. The first-order valence-corrected chi connectivity index (χ1v) is 33.5. The van der Waals surface area contributed by atoms with Crippen LogP contribution in [0.15, 0.2) is 24.3 Å². The van der Waals surface area contributed by atoms with Crippen molar-refractivity contribution in [1.82, 2.24) is 0 Å². The molecule has 0 rings (SSSR count). The maximum absolute atomic E-state index is 12.8. The predicted octanol–water partition coefficient (Wildman–Crippen LogP) is 18.9. The molecule has 0 aliphatic rings. The molecule has 0 amide bonds. The summed E-state index contributed by atoms with van der Waals surface area (Å²) in [6, 6.07) is 0. The van der Waals surface area contributed by atoms with E-state index in [0.29, 0.717) is 23.9 Å². The van der Waals surface area contributed by atoms with Crippen molar-refractivity contribution in [3.05, 3.63) is 24.3 Å². The first-order valence-electron chi connectivity index (χ1n) is 33.5. The average molecular weight is 1090 g/mol. The second-order valence-electron chi connectivity index (χ2n) is 24.1. The van der Waals surface area contributed by atoms with E-state index in [1.807, 2.05) is 21.1 Å². The zero-order valence-electron chi connectivity index (χ0n) is 51.9. The van der Waals surface area contributed by atoms with Crippen molar-refractivity contribution in [2.75, 3.05) is 47.5 Å². The summed E-state index contributed by atoms with van der Waals surface area (Å²) >= 11 is 0. The van der Waals surface area contributed by atoms with Gasteiger partial charge < -0.3 is 33.3 Å². The molecule has 9 nitrogen and oxygen atoms in total. The molecule has 0 aliphatic heterocycles. The van der Waals surface area contributed by atoms with Gasteiger partial charge in [-0.05, 0) is 38.5 Å². The zero-order valence-corrected chi connectivity index (χ0v) is 51.9. The molecule has 454 valence electrons. The van der Waals surface area contributed by atoms with Crippen molar-refractivity contribution in [3.8, 4) is 0 Å². The Morgan fingerprint density at radius 2 is 0.727 bits per heavy atom. The highest BCUT2D eigenvalue weighted by atomic mass is 16.7. The third-order valence-electron chi connectivity index (χ3n) is 15.2. The fourth-order valence-electron chi connectivity index (χ4n) is 10.1. The van der Waals surface area contributed by atoms with Crippen LogP contribution in [0.25, 0.3) is 0 Å². The summed E-state index contributed by atoms with van der Waals surface area (Å²) in [6.07, 6.45) is 70.1. The lowest BCUT2D eigenvalue weighted by atomic mass is 10.0. The number of esters is 2. The van der Waals surface area contributed by atoms with E-state index in [1.54, 1.807) is 0 Å². The van der Waals surface area contributed by atoms with Crippen LogP contribution in [0, 0.1) is 0 Å². The number of allylic oxidation sites excluding steroid dienone is 4. The van der Waals surface area contributed by atoms with E-state index in [-0.39, 0.29) is 32.2 Å². The molecule has 0 saturated carbocycles. The number of carbonyl (C=O) groups is 3. The molecule has 77 heavy (non-hydrogen) atoms. The van der Waals surface area contributed by atoms with E-state index in [0.717, 1.165) is 64.2 Å². The van der Waals surface area contributed by atoms with Gasteiger partial charge in [-0.2, -0.15) is 0 Å². The summed E-state index contributed by atoms with van der Waals surface area (Å²) in [4.78, 5) is 37.2. The van der Waals surface area contributed by atoms with Crippen molar-refractivity contribution in [3.63, 3.8) is 0 Å². The topological polar surface area (TPSA) is 111 Å². The number of aliphatic carboxylic acids is 1. The van der Waals surface area contributed by atoms with Gasteiger partial charge in [0.25, 0.3) is 0 Å². The van der Waals surface area contributed by atoms with E-state index in [2.05, 4.69) is 38.2 Å². The van der Waals surface area contributed by atoms with Gasteiger partial charge in [0.05, 0.1) is 40.3 Å². The number of carbonyl (C=O) groups excluding carboxylic acids is 3. The number of hydrogen-bond acceptors (Lipinski definition) is 8. The van der Waals surface area contributed by atoms with Crippen LogP contribution in [0.1, 0.15) is 335 Å². The van der Waals surface area contributed by atoms with Gasteiger partial charge in [-0.15, -0.1) is 0 Å². The Morgan fingerprint density at radius 3 is 1.08 bits per heavy atom. The minimum absolute atomic E-state index is 0.147. The second-order valence-corrected chi connectivity index (χ2v) is 24.1. The normalized spacial score (nSPS) is 12.8. The summed E-state index contributed by atoms with van der Waals surface area (Å²) in [5, 5.41) is 11.8. The Hall–Kier alpha value is -2.23. The Kier molecular flexibility index (Phi) is 58.1. The SMILES string of the molecule is CCC/C=C\C/C=C\CCCCCCCC(=O)OC(COC(=O)CCCCCCCCCCCCCCCCCCCCCCCCCCCCCCCCCCCCCCCCC)COC(OCC[N+](C)(C)C)C(=O)[O-]. The van der Waals surface area contributed by atoms with E-state index in [4.69, 9.17) is 18.9 Å². The number of carboxylic acid groups (broad SMARTS) is 1. The summed E-state index contributed by atoms with van der Waals surface area (Å²) in [7, 11) is 5.92. The number of carboxylic acids is 1. The fraction of sp³-hybridized carbons (Fsp3) is 0.897. The van der Waals surface area contributed by atoms with Crippen molar-refractivity contribution in [2.24, 2.45) is 0 Å². The maximum atomic E-state index is 12.8. The Morgan fingerprint density at radius 1 is 0.390 bits per heavy atom. The standard InChI is InChI=1S/C68H129NO8/c1-6-8-10-12-14-16-18-20-21-22-23-24-25-26-27-28-29-30-31-32-33-34-35-36-37-38-39-40-41-42-43-44-45-47-48-50-52-54-56-58-65(70)75-62-64(63-76-68(67(72)73)74-61-60-69(3,4)5)77-66(71)59-57-55-53-51-49-46-19-17-15-13-11-9-7-2/h11,13,17,19,64,68H,6-10,12,14-16,18,20-63H2,1-5H3/b13-11-,19-17-. The first kappa shape index (κ1) is 74.8. The van der Waals surface area contributed by atoms with Crippen LogP contribution >= 0.6 is 0 Å². The van der Waals surface area contributed by atoms with Crippen LogP contribution in [0.5, 0.6) is 0 Å². The number of rotatable bonds is 63. The Balaban J connectivity index is 3.86. The van der Waals surface area contributed by atoms with Crippen molar-refractivity contribution in [2.45, 2.75) is 347 Å². The first-order chi connectivity index (χ1) is 37.6. The third kappa shape index (κ3) is 61.2. The predicted molar refractivity (Wildman–Crippen MR) is 325 cm³/mol. The lowest BCUT2D eigenvalue weighted by Gasteiger charge is -2.26. The van der Waals surface area contributed by atoms with Gasteiger partial charge in [-0.25, -0.2) is 0 Å². The van der Waals surface area contributed by atoms with Gasteiger partial charge in [0.15, 0.2) is 12.4 Å². The highest BCUT2D eigenvalue weighted by Crippen LogP contribution is 2.19. The molecule has 2 unspecified atom stereocenters. The van der Waals surface area contributed by atoms with Crippen molar-refractivity contribution >= 4 is 17.9 Å². The minimum atomic E-state index is -1.62. The maximum Gasteiger partial charge on any atom is 0.306 e. The van der Waals surface area contributed by atoms with Gasteiger partial charge in [0, 0.05) is 12.8 Å². The molecular formula is C68H129NO8. The van der Waals surface area contributed by atoms with E-state index in [9.17, 15) is 19.5 Å². The van der Waals surface area contributed by atoms with Crippen LogP contribution in [0.3, 0.4) is 0 Å². The number of hydrogen-bond donors (Lipinski definition) is 0. The van der Waals surface area contributed by atoms with Crippen LogP contribution in [0.2, 0.25) is 0 Å². The summed E-state index contributed by atoms with van der Waals surface area (Å²) in [5.74, 6) is -2.28. The molecule has 0 aliphatic carbocycles. The van der Waals surface area contributed by atoms with Crippen LogP contribution in [0.4, 0.5) is 0 Å². The highest BCUT2D eigenvalue weighted by Gasteiger charge is 2.22. The van der Waals surface area contributed by atoms with Crippen molar-refractivity contribution < 1.29 is 42.9 Å². The molecule has 0 aromatic rings. The molecule has 0 heterocycles. The molecular weight excluding hydrogens is 959 g/mol. The zero-order chi connectivity index (χ0) is 56.2. The Bertz CT molecular complexity index is 1310. The van der Waals surface area contributed by atoms with Gasteiger partial charge in [0.2, 0.25) is 0 Å². The van der Waals surface area contributed by atoms with Gasteiger partial charge in [-0.1, -0.05) is 308 Å². The van der Waals surface area contributed by atoms with Crippen LogP contribution in [-0.2, 0) is 33.3 Å². The largest absolute Gasteiger partial charge is 0.545 e. The number of nitrogens with zero attached hydrogens (tertiary/aromatic N) is 1. The monoisotopic (exact) mass is 1090 g/mol. The molecule has 0 aromatic heterocycles. The molecule has 0 N–H and O–H groups in total. The smallest absolute Gasteiger partial charge is 0.306 e. The molecule has 0 radical (unpaired) electrons. The molecule has 0 bridgehead atoms. The highest BCUT2D eigenvalue weighted by molar-refractivity contribution is 5.70. The van der Waals surface area contributed by atoms with Gasteiger partial charge >= 0.3 is 11.9 Å². The summed E-state index contributed by atoms with van der Waals surface area (Å²) in [5.41, 5.74) is 0. The quantitative estimate of drug-likeness (QED) is 0.0195. The van der Waals surface area contributed by atoms with E-state index in [1.165, 1.54) is 238 Å². The number of unbranched alkanes of at least 4 members (excludes halogenated alkanes) is 44. The summed E-state index contributed by atoms with van der Waals surface area (Å²) in [6.45, 7) is 4.71. The van der Waals surface area contributed by atoms with Crippen molar-refractivity contribution in [1.29, 1.82) is 0 Å². The molecule has 0 fully saturated rings. The molecule has 2 atom stereocenters. The molecule has 0 saturated heterocycles. The summed E-state index contributed by atoms with van der Waals surface area (Å²) < 4.78 is 22.7. The number of ether oxygens (including phenoxy) is 4. The van der Waals surface area contributed by atoms with Gasteiger partial charge in [-0.3, -0.25) is 9.59 Å². The minimum Gasteiger partial charge on any atom is -0.545 e. The number of likely N-dealkylation sites (N-methyl/N-ethyl adjacent to an activating group) is 1. The molecule has 9 heteroatoms. The molecule has 0 aromatic carbocycles. The average Bonchev–Trinajstić information content (AvgIpc) is 3.40. The van der Waals surface area contributed by atoms with E-state index >= 15 is 0 Å². The number of quaternary nitrogens is 1. The van der Waals surface area contributed by atoms with Gasteiger partial charge in [0.1, 0.15) is 13.2 Å². The third-order valence-corrected chi connectivity index (χ3v) is 15.2. The fourth-order valence-corrected chi connectivity index (χ4v) is 10.1. The lowest BCUT2D eigenvalue weighted by Crippen LogP contribution is -2.44. The van der Waals surface area contributed by atoms with Crippen LogP contribution in [-0.4, -0.2) is 82.3 Å². The Labute approximate surface area is 478 Å². The second kappa shape index (κ2) is 59.9. The van der Waals surface area contributed by atoms with Crippen LogP contribution < -0.4 is 5.11 Å². The lowest BCUT2D eigenvalue weighted by molar-refractivity contribution is -0.870. The van der Waals surface area contributed by atoms with E-state index < -0.39 is 24.3 Å².